The van der Waals surface area contributed by atoms with Crippen LogP contribution in [-0.2, 0) is 0 Å². The van der Waals surface area contributed by atoms with Gasteiger partial charge in [0, 0.05) is 17.3 Å². The largest absolute Gasteiger partial charge is 0.382 e. The molecule has 4 heteroatoms. The molecule has 0 fully saturated rings. The molecule has 1 aromatic carbocycles. The van der Waals surface area contributed by atoms with Crippen molar-refractivity contribution in [3.8, 4) is 0 Å². The van der Waals surface area contributed by atoms with Crippen LogP contribution in [0.3, 0.4) is 0 Å². The summed E-state index contributed by atoms with van der Waals surface area (Å²) < 4.78 is 1.82. The van der Waals surface area contributed by atoms with Crippen LogP contribution in [0.15, 0.2) is 30.5 Å². The molecule has 0 saturated heterocycles. The van der Waals surface area contributed by atoms with Crippen LogP contribution in [0.1, 0.15) is 42.8 Å². The number of aryl methyl sites for hydroxylation is 1. The van der Waals surface area contributed by atoms with E-state index in [1.807, 2.05) is 43.7 Å². The summed E-state index contributed by atoms with van der Waals surface area (Å²) >= 11 is 6.09. The molecule has 0 radical (unpaired) electrons. The average molecular weight is 265 g/mol. The van der Waals surface area contributed by atoms with Crippen LogP contribution in [0.25, 0.3) is 0 Å². The first-order valence-corrected chi connectivity index (χ1v) is 6.36. The van der Waals surface area contributed by atoms with Crippen molar-refractivity contribution in [2.45, 2.75) is 32.9 Å². The fourth-order valence-electron chi connectivity index (χ4n) is 1.92. The van der Waals surface area contributed by atoms with E-state index in [2.05, 4.69) is 5.10 Å². The number of nitrogens with zero attached hydrogens (tertiary/aromatic N) is 2. The van der Waals surface area contributed by atoms with Gasteiger partial charge in [-0.15, -0.1) is 0 Å². The van der Waals surface area contributed by atoms with E-state index in [1.54, 1.807) is 12.3 Å². The van der Waals surface area contributed by atoms with Crippen molar-refractivity contribution in [2.24, 2.45) is 0 Å². The summed E-state index contributed by atoms with van der Waals surface area (Å²) in [5, 5.41) is 15.3. The maximum atomic E-state index is 10.4. The maximum absolute atomic E-state index is 10.4. The third-order valence-corrected chi connectivity index (χ3v) is 3.39. The molecular weight excluding hydrogens is 248 g/mol. The Morgan fingerprint density at radius 3 is 2.61 bits per heavy atom. The molecule has 0 saturated carbocycles. The zero-order valence-corrected chi connectivity index (χ0v) is 11.5. The van der Waals surface area contributed by atoms with Crippen LogP contribution in [0, 0.1) is 6.92 Å². The van der Waals surface area contributed by atoms with Gasteiger partial charge in [-0.25, -0.2) is 0 Å². The summed E-state index contributed by atoms with van der Waals surface area (Å²) in [6, 6.07) is 7.66. The Labute approximate surface area is 112 Å². The van der Waals surface area contributed by atoms with Crippen LogP contribution < -0.4 is 0 Å². The SMILES string of the molecule is Cc1ccc(C(O)c2ccnn2C(C)C)cc1Cl. The molecule has 2 aromatic rings. The van der Waals surface area contributed by atoms with Crippen molar-refractivity contribution in [3.63, 3.8) is 0 Å². The van der Waals surface area contributed by atoms with Crippen molar-refractivity contribution in [3.05, 3.63) is 52.3 Å². The lowest BCUT2D eigenvalue weighted by molar-refractivity contribution is 0.205. The summed E-state index contributed by atoms with van der Waals surface area (Å²) in [4.78, 5) is 0. The highest BCUT2D eigenvalue weighted by Gasteiger charge is 2.17. The lowest BCUT2D eigenvalue weighted by atomic mass is 10.0. The fraction of sp³-hybridized carbons (Fsp3) is 0.357. The first-order chi connectivity index (χ1) is 8.50. The van der Waals surface area contributed by atoms with Crippen LogP contribution in [-0.4, -0.2) is 14.9 Å². The first kappa shape index (κ1) is 13.1. The van der Waals surface area contributed by atoms with Gasteiger partial charge in [0.15, 0.2) is 0 Å². The molecule has 1 aromatic heterocycles. The Balaban J connectivity index is 2.38. The summed E-state index contributed by atoms with van der Waals surface area (Å²) in [5.74, 6) is 0. The molecule has 1 atom stereocenters. The molecule has 96 valence electrons. The van der Waals surface area contributed by atoms with E-state index in [-0.39, 0.29) is 6.04 Å². The second-order valence-electron chi connectivity index (χ2n) is 4.71. The van der Waals surface area contributed by atoms with Gasteiger partial charge in [0.1, 0.15) is 6.10 Å². The molecule has 0 aliphatic rings. The van der Waals surface area contributed by atoms with Gasteiger partial charge in [-0.05, 0) is 44.0 Å². The van der Waals surface area contributed by atoms with Crippen LogP contribution in [0.5, 0.6) is 0 Å². The highest BCUT2D eigenvalue weighted by molar-refractivity contribution is 6.31. The van der Waals surface area contributed by atoms with Crippen molar-refractivity contribution in [1.82, 2.24) is 9.78 Å². The van der Waals surface area contributed by atoms with Gasteiger partial charge in [-0.3, -0.25) is 4.68 Å². The third-order valence-electron chi connectivity index (χ3n) is 2.98. The third kappa shape index (κ3) is 2.42. The molecule has 3 nitrogen and oxygen atoms in total. The monoisotopic (exact) mass is 264 g/mol. The first-order valence-electron chi connectivity index (χ1n) is 5.98. The van der Waals surface area contributed by atoms with E-state index in [4.69, 9.17) is 11.6 Å². The van der Waals surface area contributed by atoms with Gasteiger partial charge < -0.3 is 5.11 Å². The highest BCUT2D eigenvalue weighted by Crippen LogP contribution is 2.27. The van der Waals surface area contributed by atoms with Gasteiger partial charge in [0.05, 0.1) is 5.69 Å². The highest BCUT2D eigenvalue weighted by atomic mass is 35.5. The van der Waals surface area contributed by atoms with Crippen LogP contribution in [0.4, 0.5) is 0 Å². The zero-order valence-electron chi connectivity index (χ0n) is 10.8. The predicted octanol–water partition coefficient (Wildman–Crippen LogP) is 3.51. The minimum Gasteiger partial charge on any atom is -0.382 e. The van der Waals surface area contributed by atoms with Crippen molar-refractivity contribution in [2.75, 3.05) is 0 Å². The van der Waals surface area contributed by atoms with Crippen molar-refractivity contribution >= 4 is 11.6 Å². The summed E-state index contributed by atoms with van der Waals surface area (Å²) in [5.41, 5.74) is 2.57. The standard InChI is InChI=1S/C14H17ClN2O/c1-9(2)17-13(6-7-16-17)14(18)11-5-4-10(3)12(15)8-11/h4-9,14,18H,1-3H3. The van der Waals surface area contributed by atoms with Crippen molar-refractivity contribution < 1.29 is 5.11 Å². The molecule has 0 aliphatic carbocycles. The Bertz CT molecular complexity index is 548. The minimum absolute atomic E-state index is 0.213. The summed E-state index contributed by atoms with van der Waals surface area (Å²) in [6.07, 6.45) is 1.00. The lowest BCUT2D eigenvalue weighted by Gasteiger charge is -2.16. The predicted molar refractivity (Wildman–Crippen MR) is 72.9 cm³/mol. The van der Waals surface area contributed by atoms with Crippen LogP contribution in [0.2, 0.25) is 5.02 Å². The van der Waals surface area contributed by atoms with Crippen LogP contribution >= 0.6 is 11.6 Å². The number of halogens is 1. The minimum atomic E-state index is -0.701. The number of benzene rings is 1. The molecule has 1 unspecified atom stereocenters. The summed E-state index contributed by atoms with van der Waals surface area (Å²) in [7, 11) is 0. The normalized spacial score (nSPS) is 13.0. The number of rotatable bonds is 3. The van der Waals surface area contributed by atoms with Crippen molar-refractivity contribution in [1.29, 1.82) is 0 Å². The molecule has 18 heavy (non-hydrogen) atoms. The molecule has 0 spiro atoms. The van der Waals surface area contributed by atoms with E-state index in [0.717, 1.165) is 16.8 Å². The molecular formula is C14H17ClN2O. The fourth-order valence-corrected chi connectivity index (χ4v) is 2.11. The Hall–Kier alpha value is -1.32. The number of aromatic nitrogens is 2. The second-order valence-corrected chi connectivity index (χ2v) is 5.11. The van der Waals surface area contributed by atoms with E-state index >= 15 is 0 Å². The van der Waals surface area contributed by atoms with Gasteiger partial charge in [0.25, 0.3) is 0 Å². The summed E-state index contributed by atoms with van der Waals surface area (Å²) in [6.45, 7) is 6.01. The second kappa shape index (κ2) is 5.12. The Kier molecular flexibility index (Phi) is 3.73. The molecule has 2 rings (SSSR count). The lowest BCUT2D eigenvalue weighted by Crippen LogP contribution is -2.12. The van der Waals surface area contributed by atoms with E-state index < -0.39 is 6.10 Å². The molecule has 1 N–H and O–H groups in total. The number of aliphatic hydroxyl groups excluding tert-OH is 1. The smallest absolute Gasteiger partial charge is 0.121 e. The zero-order chi connectivity index (χ0) is 13.3. The van der Waals surface area contributed by atoms with Gasteiger partial charge >= 0.3 is 0 Å². The topological polar surface area (TPSA) is 38.1 Å². The molecule has 1 heterocycles. The van der Waals surface area contributed by atoms with E-state index in [0.29, 0.717) is 5.02 Å². The Morgan fingerprint density at radius 2 is 2.00 bits per heavy atom. The maximum Gasteiger partial charge on any atom is 0.121 e. The van der Waals surface area contributed by atoms with Gasteiger partial charge in [0.2, 0.25) is 0 Å². The molecule has 0 bridgehead atoms. The number of aliphatic hydroxyl groups is 1. The quantitative estimate of drug-likeness (QED) is 0.921. The van der Waals surface area contributed by atoms with Gasteiger partial charge in [-0.1, -0.05) is 23.7 Å². The number of hydrogen-bond acceptors (Lipinski definition) is 2. The van der Waals surface area contributed by atoms with E-state index in [9.17, 15) is 5.11 Å². The van der Waals surface area contributed by atoms with E-state index in [1.165, 1.54) is 0 Å². The molecule has 0 aliphatic heterocycles. The molecule has 0 amide bonds. The number of hydrogen-bond donors (Lipinski definition) is 1. The average Bonchev–Trinajstić information content (AvgIpc) is 2.81. The van der Waals surface area contributed by atoms with Gasteiger partial charge in [-0.2, -0.15) is 5.10 Å². The Morgan fingerprint density at radius 1 is 1.28 bits per heavy atom.